The van der Waals surface area contributed by atoms with Crippen molar-refractivity contribution < 1.29 is 9.53 Å². The van der Waals surface area contributed by atoms with E-state index in [0.29, 0.717) is 19.8 Å². The molecular weight excluding hydrogens is 322 g/mol. The van der Waals surface area contributed by atoms with Crippen LogP contribution in [0.25, 0.3) is 0 Å². The number of aromatic nitrogens is 1. The standard InChI is InChI=1S/C18H23N3O2S/c1-3-15-17(24-13(2)20-15)12-19-18(22)14-6-4-5-7-16(14)21-8-10-23-11-9-21/h4-7H,3,8-12H2,1-2H3,(H,19,22). The summed E-state index contributed by atoms with van der Waals surface area (Å²) in [6.07, 6.45) is 0.889. The van der Waals surface area contributed by atoms with Gasteiger partial charge in [0.2, 0.25) is 0 Å². The summed E-state index contributed by atoms with van der Waals surface area (Å²) < 4.78 is 5.41. The van der Waals surface area contributed by atoms with Crippen LogP contribution in [-0.2, 0) is 17.7 Å². The number of amides is 1. The summed E-state index contributed by atoms with van der Waals surface area (Å²) in [7, 11) is 0. The molecule has 1 aromatic carbocycles. The van der Waals surface area contributed by atoms with E-state index in [1.807, 2.05) is 31.2 Å². The number of para-hydroxylation sites is 1. The van der Waals surface area contributed by atoms with E-state index >= 15 is 0 Å². The van der Waals surface area contributed by atoms with E-state index < -0.39 is 0 Å². The predicted molar refractivity (Wildman–Crippen MR) is 96.9 cm³/mol. The van der Waals surface area contributed by atoms with Gasteiger partial charge in [0.15, 0.2) is 0 Å². The highest BCUT2D eigenvalue weighted by Crippen LogP contribution is 2.22. The minimum atomic E-state index is -0.0369. The maximum absolute atomic E-state index is 12.7. The van der Waals surface area contributed by atoms with Crippen molar-refractivity contribution in [3.63, 3.8) is 0 Å². The van der Waals surface area contributed by atoms with Gasteiger partial charge in [-0.3, -0.25) is 4.79 Å². The number of anilines is 1. The Morgan fingerprint density at radius 3 is 2.83 bits per heavy atom. The van der Waals surface area contributed by atoms with Crippen LogP contribution in [0.4, 0.5) is 5.69 Å². The SMILES string of the molecule is CCc1nc(C)sc1CNC(=O)c1ccccc1N1CCOCC1. The predicted octanol–water partition coefficient (Wildman–Crippen LogP) is 2.78. The van der Waals surface area contributed by atoms with Crippen molar-refractivity contribution in [3.8, 4) is 0 Å². The van der Waals surface area contributed by atoms with Gasteiger partial charge in [0.1, 0.15) is 0 Å². The molecule has 2 aromatic rings. The van der Waals surface area contributed by atoms with Gasteiger partial charge in [0.05, 0.1) is 36.0 Å². The monoisotopic (exact) mass is 345 g/mol. The largest absolute Gasteiger partial charge is 0.378 e. The van der Waals surface area contributed by atoms with E-state index in [9.17, 15) is 4.79 Å². The Hall–Kier alpha value is -1.92. The van der Waals surface area contributed by atoms with Crippen molar-refractivity contribution in [3.05, 3.63) is 45.4 Å². The number of ether oxygens (including phenoxy) is 1. The fourth-order valence-electron chi connectivity index (χ4n) is 2.93. The fraction of sp³-hybridized carbons (Fsp3) is 0.444. The van der Waals surface area contributed by atoms with Gasteiger partial charge in [0.25, 0.3) is 5.91 Å². The number of nitrogens with zero attached hydrogens (tertiary/aromatic N) is 2. The summed E-state index contributed by atoms with van der Waals surface area (Å²) in [5.41, 5.74) is 2.78. The van der Waals surface area contributed by atoms with E-state index in [4.69, 9.17) is 4.74 Å². The Labute approximate surface area is 146 Å². The number of thiazole rings is 1. The smallest absolute Gasteiger partial charge is 0.253 e. The molecule has 3 rings (SSSR count). The Kier molecular flexibility index (Phi) is 5.48. The van der Waals surface area contributed by atoms with Gasteiger partial charge in [-0.2, -0.15) is 0 Å². The van der Waals surface area contributed by atoms with Crippen LogP contribution >= 0.6 is 11.3 Å². The average Bonchev–Trinajstić information content (AvgIpc) is 3.00. The maximum atomic E-state index is 12.7. The zero-order chi connectivity index (χ0) is 16.9. The third-order valence-corrected chi connectivity index (χ3v) is 5.14. The maximum Gasteiger partial charge on any atom is 0.253 e. The number of carbonyl (C=O) groups is 1. The first kappa shape index (κ1) is 16.9. The van der Waals surface area contributed by atoms with Gasteiger partial charge < -0.3 is 15.0 Å². The van der Waals surface area contributed by atoms with Crippen LogP contribution in [-0.4, -0.2) is 37.2 Å². The molecule has 2 heterocycles. The lowest BCUT2D eigenvalue weighted by molar-refractivity contribution is 0.0949. The Balaban J connectivity index is 1.73. The minimum Gasteiger partial charge on any atom is -0.378 e. The van der Waals surface area contributed by atoms with Crippen molar-refractivity contribution >= 4 is 22.9 Å². The summed E-state index contributed by atoms with van der Waals surface area (Å²) in [5, 5.41) is 4.10. The number of hydrogen-bond donors (Lipinski definition) is 1. The number of rotatable bonds is 5. The first-order valence-corrected chi connectivity index (χ1v) is 9.15. The molecule has 0 spiro atoms. The van der Waals surface area contributed by atoms with Crippen molar-refractivity contribution in [1.29, 1.82) is 0 Å². The van der Waals surface area contributed by atoms with Crippen molar-refractivity contribution in [2.75, 3.05) is 31.2 Å². The molecule has 24 heavy (non-hydrogen) atoms. The van der Waals surface area contributed by atoms with Crippen LogP contribution in [0, 0.1) is 6.92 Å². The van der Waals surface area contributed by atoms with Crippen LogP contribution < -0.4 is 10.2 Å². The molecule has 128 valence electrons. The highest BCUT2D eigenvalue weighted by atomic mass is 32.1. The molecule has 5 nitrogen and oxygen atoms in total. The second-order valence-corrected chi connectivity index (χ2v) is 7.04. The molecule has 1 aliphatic heterocycles. The molecule has 0 unspecified atom stereocenters. The average molecular weight is 345 g/mol. The summed E-state index contributed by atoms with van der Waals surface area (Å²) in [5.74, 6) is -0.0369. The second-order valence-electron chi connectivity index (χ2n) is 5.76. The van der Waals surface area contributed by atoms with Gasteiger partial charge in [-0.05, 0) is 25.5 Å². The second kappa shape index (κ2) is 7.77. The minimum absolute atomic E-state index is 0.0369. The topological polar surface area (TPSA) is 54.5 Å². The zero-order valence-corrected chi connectivity index (χ0v) is 15.0. The Morgan fingerprint density at radius 1 is 1.33 bits per heavy atom. The lowest BCUT2D eigenvalue weighted by Gasteiger charge is -2.30. The van der Waals surface area contributed by atoms with E-state index in [-0.39, 0.29) is 5.91 Å². The lowest BCUT2D eigenvalue weighted by Crippen LogP contribution is -2.37. The molecule has 6 heteroatoms. The highest BCUT2D eigenvalue weighted by molar-refractivity contribution is 7.11. The third-order valence-electron chi connectivity index (χ3n) is 4.13. The molecule has 1 fully saturated rings. The number of benzene rings is 1. The summed E-state index contributed by atoms with van der Waals surface area (Å²) in [6.45, 7) is 7.67. The fourth-order valence-corrected chi connectivity index (χ4v) is 3.89. The highest BCUT2D eigenvalue weighted by Gasteiger charge is 2.18. The van der Waals surface area contributed by atoms with Gasteiger partial charge in [0, 0.05) is 23.7 Å². The van der Waals surface area contributed by atoms with Crippen molar-refractivity contribution in [1.82, 2.24) is 10.3 Å². The molecule has 1 amide bonds. The van der Waals surface area contributed by atoms with Gasteiger partial charge in [-0.25, -0.2) is 4.98 Å². The molecular formula is C18H23N3O2S. The lowest BCUT2D eigenvalue weighted by atomic mass is 10.1. The van der Waals surface area contributed by atoms with Crippen molar-refractivity contribution in [2.45, 2.75) is 26.8 Å². The quantitative estimate of drug-likeness (QED) is 0.905. The first-order valence-electron chi connectivity index (χ1n) is 8.34. The molecule has 0 bridgehead atoms. The van der Waals surface area contributed by atoms with Crippen LogP contribution in [0.5, 0.6) is 0 Å². The zero-order valence-electron chi connectivity index (χ0n) is 14.2. The molecule has 0 saturated carbocycles. The molecule has 1 saturated heterocycles. The molecule has 0 atom stereocenters. The Morgan fingerprint density at radius 2 is 2.08 bits per heavy atom. The van der Waals surface area contributed by atoms with Crippen LogP contribution in [0.15, 0.2) is 24.3 Å². The number of nitrogens with one attached hydrogen (secondary N) is 1. The molecule has 0 radical (unpaired) electrons. The summed E-state index contributed by atoms with van der Waals surface area (Å²) >= 11 is 1.66. The Bertz CT molecular complexity index is 708. The number of morpholine rings is 1. The van der Waals surface area contributed by atoms with E-state index in [2.05, 4.69) is 22.1 Å². The van der Waals surface area contributed by atoms with Gasteiger partial charge >= 0.3 is 0 Å². The number of carbonyl (C=O) groups excluding carboxylic acids is 1. The number of hydrogen-bond acceptors (Lipinski definition) is 5. The molecule has 1 N–H and O–H groups in total. The number of aryl methyl sites for hydroxylation is 2. The first-order chi connectivity index (χ1) is 11.7. The van der Waals surface area contributed by atoms with Crippen LogP contribution in [0.2, 0.25) is 0 Å². The van der Waals surface area contributed by atoms with E-state index in [1.54, 1.807) is 11.3 Å². The summed E-state index contributed by atoms with van der Waals surface area (Å²) in [6, 6.07) is 7.78. The van der Waals surface area contributed by atoms with Crippen LogP contribution in [0.3, 0.4) is 0 Å². The van der Waals surface area contributed by atoms with Crippen molar-refractivity contribution in [2.24, 2.45) is 0 Å². The normalized spacial score (nSPS) is 14.7. The van der Waals surface area contributed by atoms with E-state index in [0.717, 1.165) is 46.3 Å². The molecule has 1 aliphatic rings. The van der Waals surface area contributed by atoms with Crippen LogP contribution in [0.1, 0.15) is 32.9 Å². The third kappa shape index (κ3) is 3.76. The molecule has 0 aliphatic carbocycles. The van der Waals surface area contributed by atoms with Gasteiger partial charge in [-0.1, -0.05) is 19.1 Å². The molecule has 1 aromatic heterocycles. The van der Waals surface area contributed by atoms with Gasteiger partial charge in [-0.15, -0.1) is 11.3 Å². The summed E-state index contributed by atoms with van der Waals surface area (Å²) in [4.78, 5) is 20.6. The van der Waals surface area contributed by atoms with E-state index in [1.165, 1.54) is 0 Å².